The number of nitrogens with zero attached hydrogens (tertiary/aromatic N) is 2. The first-order valence-electron chi connectivity index (χ1n) is 7.06. The zero-order valence-corrected chi connectivity index (χ0v) is 12.7. The molecule has 2 aromatic heterocycles. The summed E-state index contributed by atoms with van der Waals surface area (Å²) in [6.07, 6.45) is 1.47. The van der Waals surface area contributed by atoms with E-state index in [0.29, 0.717) is 17.8 Å². The number of aliphatic carboxylic acids is 2. The fraction of sp³-hybridized carbons (Fsp3) is 0.333. The second-order valence-electron chi connectivity index (χ2n) is 5.16. The lowest BCUT2D eigenvalue weighted by Gasteiger charge is -2.13. The van der Waals surface area contributed by atoms with Crippen molar-refractivity contribution in [3.05, 3.63) is 35.3 Å². The zero-order chi connectivity index (χ0) is 17.1. The van der Waals surface area contributed by atoms with E-state index in [1.807, 2.05) is 19.9 Å². The number of hydrogen-bond acceptors (Lipinski definition) is 4. The number of aryl methyl sites for hydroxylation is 2. The Bertz CT molecular complexity index is 781. The Labute approximate surface area is 131 Å². The molecule has 0 saturated heterocycles. The highest BCUT2D eigenvalue weighted by molar-refractivity contribution is 5.97. The average molecular weight is 319 g/mol. The summed E-state index contributed by atoms with van der Waals surface area (Å²) in [4.78, 5) is 38.6. The Hall–Kier alpha value is -2.90. The number of carboxylic acids is 2. The summed E-state index contributed by atoms with van der Waals surface area (Å²) in [6, 6.07) is 2.11. The summed E-state index contributed by atoms with van der Waals surface area (Å²) in [5, 5.41) is 20.0. The second-order valence-corrected chi connectivity index (χ2v) is 5.16. The predicted molar refractivity (Wildman–Crippen MR) is 80.4 cm³/mol. The molecule has 122 valence electrons. The van der Waals surface area contributed by atoms with Gasteiger partial charge < -0.3 is 15.5 Å². The Morgan fingerprint density at radius 2 is 2.04 bits per heavy atom. The van der Waals surface area contributed by atoms with E-state index < -0.39 is 30.3 Å². The number of rotatable bonds is 6. The number of nitrogens with one attached hydrogen (secondary N) is 1. The molecule has 3 N–H and O–H groups in total. The minimum atomic E-state index is -1.50. The molecule has 1 unspecified atom stereocenters. The molecule has 0 spiro atoms. The number of amides is 1. The van der Waals surface area contributed by atoms with Crippen molar-refractivity contribution in [2.45, 2.75) is 32.7 Å². The van der Waals surface area contributed by atoms with Crippen molar-refractivity contribution in [1.82, 2.24) is 14.7 Å². The Balaban J connectivity index is 2.40. The van der Waals surface area contributed by atoms with E-state index in [2.05, 4.69) is 10.3 Å². The highest BCUT2D eigenvalue weighted by Crippen LogP contribution is 2.15. The zero-order valence-electron chi connectivity index (χ0n) is 12.7. The number of carbonyl (C=O) groups is 3. The number of fused-ring (bicyclic) bond motifs is 1. The Morgan fingerprint density at radius 3 is 2.61 bits per heavy atom. The van der Waals surface area contributed by atoms with Gasteiger partial charge in [-0.1, -0.05) is 6.92 Å². The van der Waals surface area contributed by atoms with Crippen LogP contribution in [-0.2, 0) is 16.0 Å². The average Bonchev–Trinajstić information content (AvgIpc) is 2.83. The van der Waals surface area contributed by atoms with Gasteiger partial charge in [-0.2, -0.15) is 0 Å². The van der Waals surface area contributed by atoms with Gasteiger partial charge in [0.15, 0.2) is 0 Å². The fourth-order valence-electron chi connectivity index (χ4n) is 2.28. The molecule has 8 nitrogen and oxygen atoms in total. The van der Waals surface area contributed by atoms with Gasteiger partial charge in [0.25, 0.3) is 5.91 Å². The van der Waals surface area contributed by atoms with Crippen molar-refractivity contribution in [2.24, 2.45) is 0 Å². The predicted octanol–water partition coefficient (Wildman–Crippen LogP) is 0.863. The minimum absolute atomic E-state index is 0.221. The first-order chi connectivity index (χ1) is 10.8. The largest absolute Gasteiger partial charge is 0.481 e. The maximum Gasteiger partial charge on any atom is 0.326 e. The molecule has 0 aliphatic heterocycles. The van der Waals surface area contributed by atoms with Crippen LogP contribution in [0.25, 0.3) is 5.65 Å². The standard InChI is InChI=1S/C15H17N3O5/c1-3-9-13(18-5-4-8(2)6-11(18)16-9)14(21)17-10(15(22)23)7-12(19)20/h4-6,10H,3,7H2,1-2H3,(H,17,21)(H,19,20)(H,22,23). The molecule has 0 aliphatic rings. The van der Waals surface area contributed by atoms with E-state index >= 15 is 0 Å². The number of carbonyl (C=O) groups excluding carboxylic acids is 1. The highest BCUT2D eigenvalue weighted by atomic mass is 16.4. The van der Waals surface area contributed by atoms with Crippen LogP contribution in [0, 0.1) is 6.92 Å². The molecule has 2 aromatic rings. The Morgan fingerprint density at radius 1 is 1.35 bits per heavy atom. The molecule has 0 aliphatic carbocycles. The third-order valence-corrected chi connectivity index (χ3v) is 3.39. The molecule has 23 heavy (non-hydrogen) atoms. The second kappa shape index (κ2) is 6.47. The van der Waals surface area contributed by atoms with E-state index in [1.54, 1.807) is 16.7 Å². The summed E-state index contributed by atoms with van der Waals surface area (Å²) in [6.45, 7) is 3.73. The van der Waals surface area contributed by atoms with Gasteiger partial charge in [-0.15, -0.1) is 0 Å². The number of pyridine rings is 1. The number of hydrogen-bond donors (Lipinski definition) is 3. The van der Waals surface area contributed by atoms with Gasteiger partial charge in [0, 0.05) is 6.20 Å². The third kappa shape index (κ3) is 3.47. The molecule has 2 heterocycles. The maximum atomic E-state index is 12.5. The SMILES string of the molecule is CCc1nc2cc(C)ccn2c1C(=O)NC(CC(=O)O)C(=O)O. The monoisotopic (exact) mass is 319 g/mol. The van der Waals surface area contributed by atoms with Crippen molar-refractivity contribution < 1.29 is 24.6 Å². The van der Waals surface area contributed by atoms with Crippen molar-refractivity contribution in [3.63, 3.8) is 0 Å². The lowest BCUT2D eigenvalue weighted by Crippen LogP contribution is -2.42. The van der Waals surface area contributed by atoms with E-state index in [1.165, 1.54) is 0 Å². The van der Waals surface area contributed by atoms with Gasteiger partial charge >= 0.3 is 11.9 Å². The highest BCUT2D eigenvalue weighted by Gasteiger charge is 2.26. The molecule has 1 amide bonds. The van der Waals surface area contributed by atoms with Crippen LogP contribution in [0.15, 0.2) is 18.3 Å². The summed E-state index contributed by atoms with van der Waals surface area (Å²) in [5.74, 6) is -3.36. The molecule has 0 aromatic carbocycles. The molecule has 1 atom stereocenters. The number of aromatic nitrogens is 2. The minimum Gasteiger partial charge on any atom is -0.481 e. The van der Waals surface area contributed by atoms with Crippen LogP contribution in [0.1, 0.15) is 35.1 Å². The van der Waals surface area contributed by atoms with Gasteiger partial charge in [0.1, 0.15) is 17.4 Å². The molecule has 2 rings (SSSR count). The third-order valence-electron chi connectivity index (χ3n) is 3.39. The smallest absolute Gasteiger partial charge is 0.326 e. The van der Waals surface area contributed by atoms with Gasteiger partial charge in [-0.25, -0.2) is 9.78 Å². The van der Waals surface area contributed by atoms with Crippen LogP contribution in [0.5, 0.6) is 0 Å². The van der Waals surface area contributed by atoms with Crippen LogP contribution >= 0.6 is 0 Å². The number of imidazole rings is 1. The quantitative estimate of drug-likeness (QED) is 0.726. The molecule has 8 heteroatoms. The molecular formula is C15H17N3O5. The van der Waals surface area contributed by atoms with E-state index in [4.69, 9.17) is 10.2 Å². The summed E-state index contributed by atoms with van der Waals surface area (Å²) in [5.41, 5.74) is 2.30. The van der Waals surface area contributed by atoms with Crippen molar-refractivity contribution in [3.8, 4) is 0 Å². The molecule has 0 fully saturated rings. The van der Waals surface area contributed by atoms with Crippen molar-refractivity contribution in [2.75, 3.05) is 0 Å². The lowest BCUT2D eigenvalue weighted by molar-refractivity contribution is -0.145. The van der Waals surface area contributed by atoms with Crippen LogP contribution in [0.4, 0.5) is 0 Å². The summed E-state index contributed by atoms with van der Waals surface area (Å²) >= 11 is 0. The van der Waals surface area contributed by atoms with Gasteiger partial charge in [-0.3, -0.25) is 14.0 Å². The van der Waals surface area contributed by atoms with Crippen LogP contribution in [0.3, 0.4) is 0 Å². The van der Waals surface area contributed by atoms with E-state index in [-0.39, 0.29) is 5.69 Å². The Kier molecular flexibility index (Phi) is 4.63. The van der Waals surface area contributed by atoms with E-state index in [9.17, 15) is 14.4 Å². The summed E-state index contributed by atoms with van der Waals surface area (Å²) < 4.78 is 1.57. The van der Waals surface area contributed by atoms with Crippen molar-refractivity contribution >= 4 is 23.5 Å². The fourth-order valence-corrected chi connectivity index (χ4v) is 2.28. The topological polar surface area (TPSA) is 121 Å². The summed E-state index contributed by atoms with van der Waals surface area (Å²) in [7, 11) is 0. The molecule has 0 saturated carbocycles. The van der Waals surface area contributed by atoms with Gasteiger partial charge in [-0.05, 0) is 31.0 Å². The normalized spacial score (nSPS) is 12.1. The first kappa shape index (κ1) is 16.5. The van der Waals surface area contributed by atoms with Gasteiger partial charge in [0.2, 0.25) is 0 Å². The molecule has 0 bridgehead atoms. The van der Waals surface area contributed by atoms with Crippen LogP contribution < -0.4 is 5.32 Å². The first-order valence-corrected chi connectivity index (χ1v) is 7.06. The maximum absolute atomic E-state index is 12.5. The van der Waals surface area contributed by atoms with Gasteiger partial charge in [0.05, 0.1) is 12.1 Å². The molecular weight excluding hydrogens is 302 g/mol. The molecule has 0 radical (unpaired) electrons. The van der Waals surface area contributed by atoms with Crippen LogP contribution in [0.2, 0.25) is 0 Å². The number of carboxylic acid groups (broad SMARTS) is 2. The van der Waals surface area contributed by atoms with Crippen LogP contribution in [-0.4, -0.2) is 43.5 Å². The van der Waals surface area contributed by atoms with E-state index in [0.717, 1.165) is 5.56 Å². The van der Waals surface area contributed by atoms with Crippen molar-refractivity contribution in [1.29, 1.82) is 0 Å². The lowest BCUT2D eigenvalue weighted by atomic mass is 10.2.